The molecule has 1 fully saturated rings. The van der Waals surface area contributed by atoms with E-state index >= 15 is 0 Å². The number of nitrogens with one attached hydrogen (secondary N) is 1. The van der Waals surface area contributed by atoms with Crippen molar-refractivity contribution in [2.24, 2.45) is 5.92 Å². The minimum atomic E-state index is -0.280. The van der Waals surface area contributed by atoms with Crippen LogP contribution in [0.5, 0.6) is 0 Å². The van der Waals surface area contributed by atoms with Crippen LogP contribution in [0.25, 0.3) is 0 Å². The SMILES string of the molecule is CC1CCN(Cc2ccc(NC(=O)c3ccccc3C(=O)c3ccccc3)cc2)CC1. The van der Waals surface area contributed by atoms with Crippen molar-refractivity contribution in [2.75, 3.05) is 18.4 Å². The quantitative estimate of drug-likeness (QED) is 0.551. The first-order chi connectivity index (χ1) is 15.1. The summed E-state index contributed by atoms with van der Waals surface area (Å²) in [6, 6.07) is 24.0. The van der Waals surface area contributed by atoms with Crippen LogP contribution in [0.1, 0.15) is 51.6 Å². The number of hydrogen-bond donors (Lipinski definition) is 1. The fourth-order valence-corrected chi connectivity index (χ4v) is 3.99. The van der Waals surface area contributed by atoms with Gasteiger partial charge in [-0.25, -0.2) is 0 Å². The van der Waals surface area contributed by atoms with Crippen molar-refractivity contribution in [1.29, 1.82) is 0 Å². The van der Waals surface area contributed by atoms with Crippen LogP contribution in [0.3, 0.4) is 0 Å². The van der Waals surface area contributed by atoms with Gasteiger partial charge in [0.25, 0.3) is 5.91 Å². The van der Waals surface area contributed by atoms with Crippen LogP contribution in [0.2, 0.25) is 0 Å². The molecule has 4 nitrogen and oxygen atoms in total. The van der Waals surface area contributed by atoms with Crippen LogP contribution in [-0.2, 0) is 6.54 Å². The third-order valence-corrected chi connectivity index (χ3v) is 5.95. The van der Waals surface area contributed by atoms with Gasteiger partial charge in [-0.05, 0) is 55.6 Å². The molecule has 0 radical (unpaired) electrons. The Kier molecular flexibility index (Phi) is 6.58. The van der Waals surface area contributed by atoms with Crippen molar-refractivity contribution in [2.45, 2.75) is 26.3 Å². The zero-order chi connectivity index (χ0) is 21.6. The van der Waals surface area contributed by atoms with E-state index in [1.54, 1.807) is 36.4 Å². The molecule has 3 aromatic rings. The summed E-state index contributed by atoms with van der Waals surface area (Å²) < 4.78 is 0. The van der Waals surface area contributed by atoms with Gasteiger partial charge in [0, 0.05) is 23.4 Å². The van der Waals surface area contributed by atoms with Crippen LogP contribution in [0.4, 0.5) is 5.69 Å². The van der Waals surface area contributed by atoms with Gasteiger partial charge in [-0.15, -0.1) is 0 Å². The molecule has 0 aromatic heterocycles. The second-order valence-corrected chi connectivity index (χ2v) is 8.35. The number of rotatable bonds is 6. The fraction of sp³-hybridized carbons (Fsp3) is 0.259. The van der Waals surface area contributed by atoms with E-state index in [-0.39, 0.29) is 11.7 Å². The summed E-state index contributed by atoms with van der Waals surface area (Å²) in [4.78, 5) is 28.3. The van der Waals surface area contributed by atoms with E-state index < -0.39 is 0 Å². The summed E-state index contributed by atoms with van der Waals surface area (Å²) in [5.74, 6) is 0.390. The highest BCUT2D eigenvalue weighted by molar-refractivity contribution is 6.17. The number of benzene rings is 3. The number of anilines is 1. The van der Waals surface area contributed by atoms with Crippen LogP contribution < -0.4 is 5.32 Å². The molecule has 4 heteroatoms. The average Bonchev–Trinajstić information content (AvgIpc) is 2.82. The maximum atomic E-state index is 12.9. The Bertz CT molecular complexity index is 1040. The molecule has 0 saturated carbocycles. The van der Waals surface area contributed by atoms with Gasteiger partial charge in [0.1, 0.15) is 0 Å². The minimum absolute atomic E-state index is 0.155. The van der Waals surface area contributed by atoms with Gasteiger partial charge < -0.3 is 5.32 Å². The number of carbonyl (C=O) groups is 2. The van der Waals surface area contributed by atoms with E-state index in [0.717, 1.165) is 31.2 Å². The number of ketones is 1. The molecule has 1 saturated heterocycles. The Morgan fingerprint density at radius 3 is 2.13 bits per heavy atom. The fourth-order valence-electron chi connectivity index (χ4n) is 3.99. The standard InChI is InChI=1S/C27H28N2O2/c1-20-15-17-29(18-16-20)19-21-11-13-23(14-12-21)28-27(31)25-10-6-5-9-24(25)26(30)22-7-3-2-4-8-22/h2-14,20H,15-19H2,1H3,(H,28,31). The first-order valence-corrected chi connectivity index (χ1v) is 10.9. The largest absolute Gasteiger partial charge is 0.322 e. The summed E-state index contributed by atoms with van der Waals surface area (Å²) in [5, 5.41) is 2.94. The second kappa shape index (κ2) is 9.71. The molecule has 1 aliphatic heterocycles. The van der Waals surface area contributed by atoms with Gasteiger partial charge in [-0.2, -0.15) is 0 Å². The van der Waals surface area contributed by atoms with Gasteiger partial charge in [0.15, 0.2) is 5.78 Å². The van der Waals surface area contributed by atoms with Crippen molar-refractivity contribution < 1.29 is 9.59 Å². The second-order valence-electron chi connectivity index (χ2n) is 8.35. The summed E-state index contributed by atoms with van der Waals surface area (Å²) in [7, 11) is 0. The van der Waals surface area contributed by atoms with Gasteiger partial charge in [-0.1, -0.05) is 67.6 Å². The predicted octanol–water partition coefficient (Wildman–Crippen LogP) is 5.40. The molecule has 1 amide bonds. The first-order valence-electron chi connectivity index (χ1n) is 10.9. The number of nitrogens with zero attached hydrogens (tertiary/aromatic N) is 1. The van der Waals surface area contributed by atoms with Crippen LogP contribution in [0.15, 0.2) is 78.9 Å². The highest BCUT2D eigenvalue weighted by Gasteiger charge is 2.18. The van der Waals surface area contributed by atoms with Crippen molar-refractivity contribution in [3.8, 4) is 0 Å². The van der Waals surface area contributed by atoms with Crippen molar-refractivity contribution in [3.05, 3.63) is 101 Å². The normalized spacial score (nSPS) is 14.9. The molecule has 0 spiro atoms. The molecular formula is C27H28N2O2. The highest BCUT2D eigenvalue weighted by atomic mass is 16.2. The van der Waals surface area contributed by atoms with Crippen LogP contribution in [0, 0.1) is 5.92 Å². The molecule has 3 aromatic carbocycles. The lowest BCUT2D eigenvalue weighted by Crippen LogP contribution is -2.32. The predicted molar refractivity (Wildman–Crippen MR) is 124 cm³/mol. The number of amides is 1. The summed E-state index contributed by atoms with van der Waals surface area (Å²) >= 11 is 0. The van der Waals surface area contributed by atoms with Gasteiger partial charge in [0.05, 0.1) is 5.56 Å². The summed E-state index contributed by atoms with van der Waals surface area (Å²) in [5.41, 5.74) is 3.32. The van der Waals surface area contributed by atoms with Crippen molar-refractivity contribution >= 4 is 17.4 Å². The van der Waals surface area contributed by atoms with E-state index in [9.17, 15) is 9.59 Å². The lowest BCUT2D eigenvalue weighted by Gasteiger charge is -2.30. The zero-order valence-electron chi connectivity index (χ0n) is 17.9. The Labute approximate surface area is 183 Å². The van der Waals surface area contributed by atoms with Crippen LogP contribution in [-0.4, -0.2) is 29.7 Å². The van der Waals surface area contributed by atoms with Crippen molar-refractivity contribution in [3.63, 3.8) is 0 Å². The number of hydrogen-bond acceptors (Lipinski definition) is 3. The Balaban J connectivity index is 1.43. The lowest BCUT2D eigenvalue weighted by molar-refractivity contribution is 0.0996. The molecule has 0 unspecified atom stereocenters. The molecule has 1 heterocycles. The molecule has 0 bridgehead atoms. The summed E-state index contributed by atoms with van der Waals surface area (Å²) in [6.45, 7) is 5.55. The van der Waals surface area contributed by atoms with Crippen LogP contribution >= 0.6 is 0 Å². The Morgan fingerprint density at radius 2 is 1.45 bits per heavy atom. The minimum Gasteiger partial charge on any atom is -0.322 e. The van der Waals surface area contributed by atoms with Gasteiger partial charge >= 0.3 is 0 Å². The maximum Gasteiger partial charge on any atom is 0.256 e. The lowest BCUT2D eigenvalue weighted by atomic mass is 9.98. The molecule has 1 aliphatic rings. The molecule has 1 N–H and O–H groups in total. The Hall–Kier alpha value is -3.24. The Morgan fingerprint density at radius 1 is 0.839 bits per heavy atom. The van der Waals surface area contributed by atoms with E-state index in [1.165, 1.54) is 18.4 Å². The molecule has 31 heavy (non-hydrogen) atoms. The number of piperidine rings is 1. The molecule has 0 atom stereocenters. The number of likely N-dealkylation sites (tertiary alicyclic amines) is 1. The molecule has 158 valence electrons. The van der Waals surface area contributed by atoms with E-state index in [2.05, 4.69) is 29.3 Å². The first kappa shape index (κ1) is 21.0. The highest BCUT2D eigenvalue weighted by Crippen LogP contribution is 2.20. The van der Waals surface area contributed by atoms with Gasteiger partial charge in [-0.3, -0.25) is 14.5 Å². The maximum absolute atomic E-state index is 12.9. The number of carbonyl (C=O) groups excluding carboxylic acids is 2. The topological polar surface area (TPSA) is 49.4 Å². The third kappa shape index (κ3) is 5.28. The van der Waals surface area contributed by atoms with E-state index in [0.29, 0.717) is 16.7 Å². The van der Waals surface area contributed by atoms with Gasteiger partial charge in [0.2, 0.25) is 0 Å². The van der Waals surface area contributed by atoms with Crippen molar-refractivity contribution in [1.82, 2.24) is 4.90 Å². The smallest absolute Gasteiger partial charge is 0.256 e. The molecule has 4 rings (SSSR count). The van der Waals surface area contributed by atoms with E-state index in [4.69, 9.17) is 0 Å². The molecule has 0 aliphatic carbocycles. The monoisotopic (exact) mass is 412 g/mol. The average molecular weight is 413 g/mol. The molecular weight excluding hydrogens is 384 g/mol. The third-order valence-electron chi connectivity index (χ3n) is 5.95. The van der Waals surface area contributed by atoms with E-state index in [1.807, 2.05) is 30.3 Å². The summed E-state index contributed by atoms with van der Waals surface area (Å²) in [6.07, 6.45) is 2.52. The zero-order valence-corrected chi connectivity index (χ0v) is 17.9.